The maximum Gasteiger partial charge on any atom is 0.243 e. The van der Waals surface area contributed by atoms with Gasteiger partial charge in [-0.15, -0.1) is 0 Å². The average Bonchev–Trinajstić information content (AvgIpc) is 3.21. The van der Waals surface area contributed by atoms with Gasteiger partial charge in [-0.3, -0.25) is 4.79 Å². The van der Waals surface area contributed by atoms with Crippen molar-refractivity contribution in [1.29, 1.82) is 0 Å². The van der Waals surface area contributed by atoms with Gasteiger partial charge in [-0.1, -0.05) is 12.1 Å². The summed E-state index contributed by atoms with van der Waals surface area (Å²) in [4.78, 5) is 11.5. The van der Waals surface area contributed by atoms with E-state index in [1.165, 1.54) is 35.5 Å². The summed E-state index contributed by atoms with van der Waals surface area (Å²) < 4.78 is 57.0. The molecule has 2 saturated heterocycles. The van der Waals surface area contributed by atoms with E-state index in [1.807, 2.05) is 0 Å². The van der Waals surface area contributed by atoms with E-state index in [1.54, 1.807) is 0 Å². The highest BCUT2D eigenvalue weighted by Gasteiger charge is 2.40. The van der Waals surface area contributed by atoms with Crippen LogP contribution in [0, 0.1) is 0 Å². The Bertz CT molecular complexity index is 870. The van der Waals surface area contributed by atoms with Crippen LogP contribution in [0.5, 0.6) is 0 Å². The zero-order chi connectivity index (χ0) is 18.9. The summed E-state index contributed by atoms with van der Waals surface area (Å²) in [6.07, 6.45) is 1.70. The second-order valence-corrected chi connectivity index (χ2v) is 11.0. The van der Waals surface area contributed by atoms with Crippen molar-refractivity contribution >= 4 is 25.6 Å². The van der Waals surface area contributed by atoms with Crippen molar-refractivity contribution in [2.45, 2.75) is 43.2 Å². The highest BCUT2D eigenvalue weighted by Crippen LogP contribution is 2.27. The van der Waals surface area contributed by atoms with Gasteiger partial charge in [0.1, 0.15) is 0 Å². The summed E-state index contributed by atoms with van der Waals surface area (Å²) in [6.45, 7) is 2.16. The number of hydrogen-bond donors (Lipinski definition) is 0. The minimum atomic E-state index is -3.89. The first-order valence-corrected chi connectivity index (χ1v) is 11.9. The van der Waals surface area contributed by atoms with Gasteiger partial charge in [-0.2, -0.15) is 4.31 Å². The van der Waals surface area contributed by atoms with Crippen LogP contribution in [0.2, 0.25) is 0 Å². The Hall–Kier alpha value is -1.29. The van der Waals surface area contributed by atoms with Crippen LogP contribution in [-0.4, -0.2) is 63.7 Å². The highest BCUT2D eigenvalue weighted by atomic mass is 32.2. The van der Waals surface area contributed by atoms with E-state index in [0.29, 0.717) is 18.6 Å². The van der Waals surface area contributed by atoms with E-state index in [9.17, 15) is 21.6 Å². The van der Waals surface area contributed by atoms with Crippen LogP contribution in [0.3, 0.4) is 0 Å². The molecular weight excluding hydrogens is 378 g/mol. The second kappa shape index (κ2) is 7.38. The monoisotopic (exact) mass is 401 g/mol. The van der Waals surface area contributed by atoms with Crippen molar-refractivity contribution in [2.75, 3.05) is 24.7 Å². The van der Waals surface area contributed by atoms with Gasteiger partial charge in [0.2, 0.25) is 10.0 Å². The molecule has 1 aromatic carbocycles. The summed E-state index contributed by atoms with van der Waals surface area (Å²) in [6, 6.07) is 5.17. The number of ether oxygens (including phenoxy) is 1. The van der Waals surface area contributed by atoms with E-state index in [0.717, 1.165) is 12.8 Å². The van der Waals surface area contributed by atoms with Crippen LogP contribution in [0.1, 0.15) is 36.5 Å². The fraction of sp³-hybridized carbons (Fsp3) is 0.588. The molecule has 3 rings (SSSR count). The van der Waals surface area contributed by atoms with Gasteiger partial charge in [0.05, 0.1) is 22.5 Å². The molecule has 0 aliphatic carbocycles. The van der Waals surface area contributed by atoms with Crippen molar-refractivity contribution in [3.63, 3.8) is 0 Å². The third-order valence-corrected chi connectivity index (χ3v) is 8.57. The molecule has 0 amide bonds. The number of hydrogen-bond acceptors (Lipinski definition) is 6. The molecule has 0 aromatic heterocycles. The Balaban J connectivity index is 1.91. The molecule has 0 saturated carbocycles. The number of carbonyl (C=O) groups excluding carboxylic acids is 1. The van der Waals surface area contributed by atoms with Gasteiger partial charge in [0.25, 0.3) is 0 Å². The van der Waals surface area contributed by atoms with E-state index < -0.39 is 25.9 Å². The Labute approximate surface area is 154 Å². The van der Waals surface area contributed by atoms with Crippen LogP contribution in [0.15, 0.2) is 29.2 Å². The number of rotatable bonds is 6. The summed E-state index contributed by atoms with van der Waals surface area (Å²) in [5, 5.41) is 0. The van der Waals surface area contributed by atoms with Crippen molar-refractivity contribution in [3.8, 4) is 0 Å². The van der Waals surface area contributed by atoms with Crippen molar-refractivity contribution in [2.24, 2.45) is 0 Å². The Morgan fingerprint density at radius 1 is 1.23 bits per heavy atom. The van der Waals surface area contributed by atoms with E-state index in [2.05, 4.69) is 0 Å². The van der Waals surface area contributed by atoms with Crippen LogP contribution in [0.25, 0.3) is 0 Å². The molecule has 2 heterocycles. The summed E-state index contributed by atoms with van der Waals surface area (Å²) >= 11 is 0. The molecule has 0 N–H and O–H groups in total. The number of sulfonamides is 1. The first-order valence-electron chi connectivity index (χ1n) is 8.64. The van der Waals surface area contributed by atoms with E-state index in [-0.39, 0.29) is 34.8 Å². The molecule has 0 spiro atoms. The molecule has 1 aromatic rings. The number of sulfone groups is 1. The van der Waals surface area contributed by atoms with Crippen molar-refractivity contribution in [3.05, 3.63) is 29.8 Å². The van der Waals surface area contributed by atoms with Crippen LogP contribution >= 0.6 is 0 Å². The molecular formula is C17H23NO6S2. The lowest BCUT2D eigenvalue weighted by molar-refractivity contribution is 0.0877. The Morgan fingerprint density at radius 2 is 1.92 bits per heavy atom. The van der Waals surface area contributed by atoms with Gasteiger partial charge < -0.3 is 4.74 Å². The predicted octanol–water partition coefficient (Wildman–Crippen LogP) is 1.25. The summed E-state index contributed by atoms with van der Waals surface area (Å²) in [7, 11) is -7.11. The van der Waals surface area contributed by atoms with Gasteiger partial charge in [0, 0.05) is 24.8 Å². The lowest BCUT2D eigenvalue weighted by Crippen LogP contribution is -2.45. The van der Waals surface area contributed by atoms with Crippen LogP contribution in [-0.2, 0) is 24.6 Å². The largest absolute Gasteiger partial charge is 0.377 e. The predicted molar refractivity (Wildman–Crippen MR) is 96.4 cm³/mol. The molecule has 2 aliphatic rings. The Kier molecular flexibility index (Phi) is 5.53. The van der Waals surface area contributed by atoms with E-state index in [4.69, 9.17) is 4.74 Å². The molecule has 0 radical (unpaired) electrons. The molecule has 2 fully saturated rings. The smallest absolute Gasteiger partial charge is 0.243 e. The number of ketones is 1. The first kappa shape index (κ1) is 19.5. The van der Waals surface area contributed by atoms with Gasteiger partial charge in [-0.25, -0.2) is 16.8 Å². The SMILES string of the molecule is CC(=O)c1ccc(S(=O)(=O)N(C[C@@H]2CCCO2)[C@@H]2CCS(=O)(=O)C2)cc1. The number of benzene rings is 1. The number of carbonyl (C=O) groups is 1. The maximum atomic E-state index is 13.2. The Morgan fingerprint density at radius 3 is 2.42 bits per heavy atom. The van der Waals surface area contributed by atoms with Crippen molar-refractivity contribution in [1.82, 2.24) is 4.31 Å². The lowest BCUT2D eigenvalue weighted by atomic mass is 10.2. The molecule has 0 bridgehead atoms. The average molecular weight is 402 g/mol. The van der Waals surface area contributed by atoms with Gasteiger partial charge in [-0.05, 0) is 38.3 Å². The fourth-order valence-corrected chi connectivity index (χ4v) is 6.94. The molecule has 0 unspecified atom stereocenters. The third kappa shape index (κ3) is 4.16. The van der Waals surface area contributed by atoms with Crippen LogP contribution < -0.4 is 0 Å². The minimum Gasteiger partial charge on any atom is -0.377 e. The van der Waals surface area contributed by atoms with Crippen molar-refractivity contribution < 1.29 is 26.4 Å². The second-order valence-electron chi connectivity index (χ2n) is 6.85. The molecule has 26 heavy (non-hydrogen) atoms. The number of nitrogens with zero attached hydrogens (tertiary/aromatic N) is 1. The zero-order valence-corrected chi connectivity index (χ0v) is 16.3. The zero-order valence-electron chi connectivity index (χ0n) is 14.6. The van der Waals surface area contributed by atoms with Gasteiger partial charge >= 0.3 is 0 Å². The van der Waals surface area contributed by atoms with Gasteiger partial charge in [0.15, 0.2) is 15.6 Å². The first-order chi connectivity index (χ1) is 12.2. The normalized spacial score (nSPS) is 25.6. The quantitative estimate of drug-likeness (QED) is 0.666. The lowest BCUT2D eigenvalue weighted by Gasteiger charge is -2.29. The number of Topliss-reactive ketones (excluding diaryl/α,β-unsaturated/α-hetero) is 1. The maximum absolute atomic E-state index is 13.2. The van der Waals surface area contributed by atoms with E-state index >= 15 is 0 Å². The third-order valence-electron chi connectivity index (χ3n) is 4.89. The highest BCUT2D eigenvalue weighted by molar-refractivity contribution is 7.92. The fourth-order valence-electron chi connectivity index (χ4n) is 3.43. The van der Waals surface area contributed by atoms with Crippen LogP contribution in [0.4, 0.5) is 0 Å². The molecule has 2 aliphatic heterocycles. The molecule has 144 valence electrons. The minimum absolute atomic E-state index is 0.00150. The standard InChI is InChI=1S/C17H23NO6S2/c1-13(19)14-4-6-17(7-5-14)26(22,23)18(11-16-3-2-9-24-16)15-8-10-25(20,21)12-15/h4-7,15-16H,2-3,8-12H2,1H3/t15-,16+/m1/s1. The topological polar surface area (TPSA) is 97.8 Å². The molecule has 9 heteroatoms. The molecule has 7 nitrogen and oxygen atoms in total. The summed E-state index contributed by atoms with van der Waals surface area (Å²) in [5.41, 5.74) is 0.429. The summed E-state index contributed by atoms with van der Waals surface area (Å²) in [5.74, 6) is -0.310. The molecule has 2 atom stereocenters.